The van der Waals surface area contributed by atoms with E-state index in [4.69, 9.17) is 5.11 Å². The summed E-state index contributed by atoms with van der Waals surface area (Å²) in [5.41, 5.74) is 0.298. The molecule has 1 aliphatic rings. The molecule has 86 valence electrons. The molecule has 1 saturated carbocycles. The monoisotopic (exact) mass is 239 g/mol. The number of hydrogen-bond donors (Lipinski definition) is 2. The summed E-state index contributed by atoms with van der Waals surface area (Å²) in [6.07, 6.45) is 1.67. The normalized spacial score (nSPS) is 16.8. The number of hydrogen-bond acceptors (Lipinski definition) is 3. The topological polar surface area (TPSA) is 66.4 Å². The Balaban J connectivity index is 1.78. The van der Waals surface area contributed by atoms with Gasteiger partial charge in [-0.2, -0.15) is 11.3 Å². The van der Waals surface area contributed by atoms with Crippen molar-refractivity contribution in [3.63, 3.8) is 0 Å². The molecule has 0 spiro atoms. The Kier molecular flexibility index (Phi) is 2.96. The Bertz CT molecular complexity index is 395. The summed E-state index contributed by atoms with van der Waals surface area (Å²) in [6.45, 7) is 0.255. The summed E-state index contributed by atoms with van der Waals surface area (Å²) < 4.78 is 0. The summed E-state index contributed by atoms with van der Waals surface area (Å²) in [5, 5.41) is 15.5. The number of carboxylic acid groups (broad SMARTS) is 1. The molecule has 1 aromatic heterocycles. The van der Waals surface area contributed by atoms with Crippen LogP contribution in [-0.2, 0) is 16.0 Å². The number of carbonyl (C=O) groups is 2. The molecule has 2 rings (SSSR count). The second kappa shape index (κ2) is 4.25. The van der Waals surface area contributed by atoms with Gasteiger partial charge in [0, 0.05) is 6.54 Å². The molecule has 1 aliphatic carbocycles. The van der Waals surface area contributed by atoms with E-state index in [1.807, 2.05) is 16.8 Å². The van der Waals surface area contributed by atoms with Crippen LogP contribution >= 0.6 is 11.3 Å². The minimum Gasteiger partial charge on any atom is -0.481 e. The maximum absolute atomic E-state index is 11.5. The Labute approximate surface area is 97.3 Å². The van der Waals surface area contributed by atoms with Crippen LogP contribution in [0.25, 0.3) is 0 Å². The smallest absolute Gasteiger partial charge is 0.311 e. The van der Waals surface area contributed by atoms with Crippen molar-refractivity contribution in [3.8, 4) is 0 Å². The van der Waals surface area contributed by atoms with Gasteiger partial charge < -0.3 is 10.4 Å². The van der Waals surface area contributed by atoms with Gasteiger partial charge >= 0.3 is 5.97 Å². The van der Waals surface area contributed by atoms with E-state index >= 15 is 0 Å². The lowest BCUT2D eigenvalue weighted by molar-refractivity contribution is -0.143. The first-order chi connectivity index (χ1) is 7.62. The third kappa shape index (κ3) is 2.41. The summed E-state index contributed by atoms with van der Waals surface area (Å²) in [7, 11) is 0. The fraction of sp³-hybridized carbons (Fsp3) is 0.455. The highest BCUT2D eigenvalue weighted by molar-refractivity contribution is 7.07. The van der Waals surface area contributed by atoms with Crippen molar-refractivity contribution in [2.24, 2.45) is 5.41 Å². The van der Waals surface area contributed by atoms with Crippen molar-refractivity contribution in [2.45, 2.75) is 19.3 Å². The summed E-state index contributed by atoms with van der Waals surface area (Å²) >= 11 is 1.55. The van der Waals surface area contributed by atoms with Crippen molar-refractivity contribution in [3.05, 3.63) is 22.4 Å². The molecule has 2 N–H and O–H groups in total. The van der Waals surface area contributed by atoms with Crippen LogP contribution in [0.4, 0.5) is 0 Å². The molecule has 0 saturated heterocycles. The Morgan fingerprint density at radius 3 is 2.75 bits per heavy atom. The number of thiophene rings is 1. The van der Waals surface area contributed by atoms with Crippen LogP contribution in [0.5, 0.6) is 0 Å². The van der Waals surface area contributed by atoms with Crippen LogP contribution in [0.2, 0.25) is 0 Å². The number of rotatable bonds is 5. The highest BCUT2D eigenvalue weighted by Crippen LogP contribution is 2.45. The lowest BCUT2D eigenvalue weighted by atomic mass is 10.1. The van der Waals surface area contributed by atoms with Crippen LogP contribution in [-0.4, -0.2) is 23.5 Å². The molecule has 0 aromatic carbocycles. The molecule has 1 amide bonds. The first-order valence-electron chi connectivity index (χ1n) is 5.14. The highest BCUT2D eigenvalue weighted by Gasteiger charge is 2.50. The number of aliphatic carboxylic acids is 1. The third-order valence-corrected chi connectivity index (χ3v) is 3.61. The van der Waals surface area contributed by atoms with Crippen LogP contribution in [0, 0.1) is 5.41 Å². The molecule has 0 atom stereocenters. The fourth-order valence-corrected chi connectivity index (χ4v) is 2.19. The van der Waals surface area contributed by atoms with Crippen LogP contribution in [0.15, 0.2) is 16.8 Å². The lowest BCUT2D eigenvalue weighted by Gasteiger charge is -2.10. The maximum atomic E-state index is 11.5. The second-order valence-electron chi connectivity index (χ2n) is 4.17. The highest BCUT2D eigenvalue weighted by atomic mass is 32.1. The van der Waals surface area contributed by atoms with E-state index in [1.165, 1.54) is 0 Å². The van der Waals surface area contributed by atoms with Gasteiger partial charge in [-0.15, -0.1) is 0 Å². The van der Waals surface area contributed by atoms with Crippen LogP contribution < -0.4 is 5.32 Å². The predicted octanol–water partition coefficient (Wildman–Crippen LogP) is 1.27. The largest absolute Gasteiger partial charge is 0.481 e. The molecule has 0 radical (unpaired) electrons. The van der Waals surface area contributed by atoms with Gasteiger partial charge in [0.15, 0.2) is 0 Å². The van der Waals surface area contributed by atoms with E-state index in [9.17, 15) is 9.59 Å². The Morgan fingerprint density at radius 1 is 1.50 bits per heavy atom. The molecular formula is C11H13NO3S. The quantitative estimate of drug-likeness (QED) is 0.813. The molecule has 1 fully saturated rings. The zero-order chi connectivity index (χ0) is 11.6. The maximum Gasteiger partial charge on any atom is 0.311 e. The van der Waals surface area contributed by atoms with Crippen LogP contribution in [0.3, 0.4) is 0 Å². The second-order valence-corrected chi connectivity index (χ2v) is 4.95. The first-order valence-corrected chi connectivity index (χ1v) is 6.08. The Morgan fingerprint density at radius 2 is 2.25 bits per heavy atom. The van der Waals surface area contributed by atoms with Gasteiger partial charge in [-0.1, -0.05) is 0 Å². The Hall–Kier alpha value is -1.36. The summed E-state index contributed by atoms with van der Waals surface area (Å²) in [5.74, 6) is -0.908. The molecule has 0 unspecified atom stereocenters. The van der Waals surface area contributed by atoms with E-state index in [1.54, 1.807) is 11.3 Å². The van der Waals surface area contributed by atoms with E-state index in [0.29, 0.717) is 19.3 Å². The van der Waals surface area contributed by atoms with Crippen molar-refractivity contribution >= 4 is 23.2 Å². The molecule has 5 heteroatoms. The molecule has 16 heavy (non-hydrogen) atoms. The van der Waals surface area contributed by atoms with E-state index in [0.717, 1.165) is 5.56 Å². The fourth-order valence-electron chi connectivity index (χ4n) is 1.53. The molecule has 0 bridgehead atoms. The van der Waals surface area contributed by atoms with E-state index in [2.05, 4.69) is 5.32 Å². The lowest BCUT2D eigenvalue weighted by Crippen LogP contribution is -2.34. The first kappa shape index (κ1) is 11.1. The predicted molar refractivity (Wildman–Crippen MR) is 60.3 cm³/mol. The standard InChI is InChI=1S/C11H13NO3S/c13-9(5-8-1-4-16-6-8)12-7-11(2-3-11)10(14)15/h1,4,6H,2-3,5,7H2,(H,12,13)(H,14,15). The molecule has 1 aromatic rings. The van der Waals surface area contributed by atoms with Gasteiger partial charge in [0.05, 0.1) is 11.8 Å². The summed E-state index contributed by atoms with van der Waals surface area (Å²) in [6, 6.07) is 1.90. The minimum atomic E-state index is -0.802. The van der Waals surface area contributed by atoms with Crippen molar-refractivity contribution in [2.75, 3.05) is 6.54 Å². The zero-order valence-electron chi connectivity index (χ0n) is 8.73. The van der Waals surface area contributed by atoms with Gasteiger partial charge in [0.25, 0.3) is 0 Å². The van der Waals surface area contributed by atoms with Gasteiger partial charge in [0.2, 0.25) is 5.91 Å². The molecule has 0 aliphatic heterocycles. The van der Waals surface area contributed by atoms with Crippen molar-refractivity contribution in [1.82, 2.24) is 5.32 Å². The van der Waals surface area contributed by atoms with Gasteiger partial charge in [0.1, 0.15) is 0 Å². The van der Waals surface area contributed by atoms with Gasteiger partial charge in [-0.05, 0) is 35.2 Å². The molecule has 4 nitrogen and oxygen atoms in total. The van der Waals surface area contributed by atoms with Crippen LogP contribution in [0.1, 0.15) is 18.4 Å². The SMILES string of the molecule is O=C(Cc1ccsc1)NCC1(C(=O)O)CC1. The number of amides is 1. The van der Waals surface area contributed by atoms with Gasteiger partial charge in [-0.3, -0.25) is 9.59 Å². The number of carboxylic acids is 1. The van der Waals surface area contributed by atoms with E-state index < -0.39 is 11.4 Å². The van der Waals surface area contributed by atoms with E-state index in [-0.39, 0.29) is 12.5 Å². The summed E-state index contributed by atoms with van der Waals surface area (Å²) in [4.78, 5) is 22.4. The zero-order valence-corrected chi connectivity index (χ0v) is 9.55. The van der Waals surface area contributed by atoms with Gasteiger partial charge in [-0.25, -0.2) is 0 Å². The van der Waals surface area contributed by atoms with Crippen molar-refractivity contribution < 1.29 is 14.7 Å². The molecular weight excluding hydrogens is 226 g/mol. The number of nitrogens with one attached hydrogen (secondary N) is 1. The number of carbonyl (C=O) groups excluding carboxylic acids is 1. The average molecular weight is 239 g/mol. The minimum absolute atomic E-state index is 0.106. The van der Waals surface area contributed by atoms with Crippen molar-refractivity contribution in [1.29, 1.82) is 0 Å². The molecule has 1 heterocycles. The third-order valence-electron chi connectivity index (χ3n) is 2.88. The average Bonchev–Trinajstić information content (AvgIpc) is 2.88.